The molecule has 4 nitrogen and oxygen atoms in total. The highest BCUT2D eigenvalue weighted by Crippen LogP contribution is 2.22. The van der Waals surface area contributed by atoms with Crippen LogP contribution in [0.25, 0.3) is 21.9 Å². The van der Waals surface area contributed by atoms with Crippen LogP contribution in [0, 0.1) is 5.82 Å². The molecule has 5 heteroatoms. The van der Waals surface area contributed by atoms with Crippen molar-refractivity contribution in [1.29, 1.82) is 0 Å². The lowest BCUT2D eigenvalue weighted by atomic mass is 10.1. The highest BCUT2D eigenvalue weighted by atomic mass is 19.1. The first kappa shape index (κ1) is 13.7. The Morgan fingerprint density at radius 3 is 2.78 bits per heavy atom. The average molecular weight is 307 g/mol. The summed E-state index contributed by atoms with van der Waals surface area (Å²) in [6.45, 7) is 0.551. The number of nitrogens with one attached hydrogen (secondary N) is 1. The summed E-state index contributed by atoms with van der Waals surface area (Å²) >= 11 is 0. The predicted molar refractivity (Wildman–Crippen MR) is 88.0 cm³/mol. The molecule has 1 N–H and O–H groups in total. The SMILES string of the molecule is O=c1c2[nH]c3ccc(F)cc3c2ncn1CCc1ccccc1. The van der Waals surface area contributed by atoms with E-state index in [0.29, 0.717) is 28.5 Å². The van der Waals surface area contributed by atoms with Crippen LogP contribution < -0.4 is 5.56 Å². The molecular weight excluding hydrogens is 293 g/mol. The van der Waals surface area contributed by atoms with Gasteiger partial charge in [-0.15, -0.1) is 0 Å². The van der Waals surface area contributed by atoms with Gasteiger partial charge in [0.25, 0.3) is 5.56 Å². The first-order valence-electron chi connectivity index (χ1n) is 7.43. The fourth-order valence-electron chi connectivity index (χ4n) is 2.82. The Labute approximate surface area is 131 Å². The third-order valence-electron chi connectivity index (χ3n) is 4.02. The molecular formula is C18H14FN3O. The van der Waals surface area contributed by atoms with E-state index in [2.05, 4.69) is 9.97 Å². The van der Waals surface area contributed by atoms with Gasteiger partial charge in [0.05, 0.1) is 6.33 Å². The third kappa shape index (κ3) is 2.40. The number of hydrogen-bond acceptors (Lipinski definition) is 2. The van der Waals surface area contributed by atoms with E-state index in [4.69, 9.17) is 0 Å². The highest BCUT2D eigenvalue weighted by Gasteiger charge is 2.11. The fraction of sp³-hybridized carbons (Fsp3) is 0.111. The van der Waals surface area contributed by atoms with Gasteiger partial charge in [-0.05, 0) is 30.2 Å². The minimum atomic E-state index is -0.339. The van der Waals surface area contributed by atoms with E-state index in [1.807, 2.05) is 30.3 Å². The van der Waals surface area contributed by atoms with Gasteiger partial charge < -0.3 is 4.98 Å². The normalized spacial score (nSPS) is 11.3. The molecule has 0 bridgehead atoms. The number of nitrogens with zero attached hydrogens (tertiary/aromatic N) is 2. The lowest BCUT2D eigenvalue weighted by molar-refractivity contribution is 0.630. The molecule has 0 aliphatic rings. The largest absolute Gasteiger partial charge is 0.349 e. The molecule has 0 unspecified atom stereocenters. The molecule has 2 aromatic carbocycles. The van der Waals surface area contributed by atoms with Gasteiger partial charge in [0.2, 0.25) is 0 Å². The van der Waals surface area contributed by atoms with E-state index in [9.17, 15) is 9.18 Å². The Morgan fingerprint density at radius 1 is 1.13 bits per heavy atom. The molecule has 114 valence electrons. The molecule has 2 aromatic heterocycles. The first-order valence-corrected chi connectivity index (χ1v) is 7.43. The number of benzene rings is 2. The van der Waals surface area contributed by atoms with E-state index in [-0.39, 0.29) is 11.4 Å². The molecule has 0 saturated carbocycles. The number of rotatable bonds is 3. The van der Waals surface area contributed by atoms with Crippen LogP contribution in [-0.2, 0) is 13.0 Å². The zero-order valence-corrected chi connectivity index (χ0v) is 12.3. The van der Waals surface area contributed by atoms with E-state index in [1.165, 1.54) is 24.0 Å². The molecule has 0 spiro atoms. The summed E-state index contributed by atoms with van der Waals surface area (Å²) in [6, 6.07) is 14.4. The standard InChI is InChI=1S/C18H14FN3O/c19-13-6-7-15-14(10-13)16-17(21-15)18(23)22(11-20-16)9-8-12-4-2-1-3-5-12/h1-7,10-11,21H,8-9H2. The van der Waals surface area contributed by atoms with Gasteiger partial charge in [-0.1, -0.05) is 30.3 Å². The Morgan fingerprint density at radius 2 is 1.96 bits per heavy atom. The van der Waals surface area contributed by atoms with Crippen molar-refractivity contribution >= 4 is 21.9 Å². The van der Waals surface area contributed by atoms with Gasteiger partial charge in [0, 0.05) is 17.4 Å². The second-order valence-corrected chi connectivity index (χ2v) is 5.52. The van der Waals surface area contributed by atoms with Gasteiger partial charge in [0.15, 0.2) is 0 Å². The third-order valence-corrected chi connectivity index (χ3v) is 4.02. The number of hydrogen-bond donors (Lipinski definition) is 1. The molecule has 2 heterocycles. The maximum Gasteiger partial charge on any atom is 0.277 e. The van der Waals surface area contributed by atoms with Crippen molar-refractivity contribution in [3.05, 3.63) is 76.6 Å². The number of aromatic amines is 1. The Balaban J connectivity index is 1.76. The smallest absolute Gasteiger partial charge is 0.277 e. The molecule has 0 atom stereocenters. The summed E-state index contributed by atoms with van der Waals surface area (Å²) in [7, 11) is 0. The lowest BCUT2D eigenvalue weighted by Crippen LogP contribution is -2.21. The van der Waals surface area contributed by atoms with Gasteiger partial charge >= 0.3 is 0 Å². The van der Waals surface area contributed by atoms with Crippen molar-refractivity contribution in [2.24, 2.45) is 0 Å². The zero-order chi connectivity index (χ0) is 15.8. The molecule has 4 rings (SSSR count). The zero-order valence-electron chi connectivity index (χ0n) is 12.3. The predicted octanol–water partition coefficient (Wildman–Crippen LogP) is 3.26. The van der Waals surface area contributed by atoms with Crippen molar-refractivity contribution in [3.63, 3.8) is 0 Å². The van der Waals surface area contributed by atoms with Gasteiger partial charge in [-0.2, -0.15) is 0 Å². The number of fused-ring (bicyclic) bond motifs is 3. The summed E-state index contributed by atoms with van der Waals surface area (Å²) in [5, 5.41) is 0.632. The second kappa shape index (κ2) is 5.35. The summed E-state index contributed by atoms with van der Waals surface area (Å²) < 4.78 is 15.0. The van der Waals surface area contributed by atoms with Crippen LogP contribution in [0.5, 0.6) is 0 Å². The Bertz CT molecular complexity index is 1050. The first-order chi connectivity index (χ1) is 11.2. The minimum Gasteiger partial charge on any atom is -0.349 e. The monoisotopic (exact) mass is 307 g/mol. The highest BCUT2D eigenvalue weighted by molar-refractivity contribution is 6.04. The number of halogens is 1. The van der Waals surface area contributed by atoms with Crippen LogP contribution in [0.2, 0.25) is 0 Å². The molecule has 0 radical (unpaired) electrons. The maximum atomic E-state index is 13.4. The van der Waals surface area contributed by atoms with Crippen LogP contribution >= 0.6 is 0 Å². The van der Waals surface area contributed by atoms with Crippen molar-refractivity contribution in [3.8, 4) is 0 Å². The van der Waals surface area contributed by atoms with Crippen LogP contribution in [-0.4, -0.2) is 14.5 Å². The van der Waals surface area contributed by atoms with Crippen molar-refractivity contribution in [2.45, 2.75) is 13.0 Å². The van der Waals surface area contributed by atoms with Crippen molar-refractivity contribution in [1.82, 2.24) is 14.5 Å². The summed E-state index contributed by atoms with van der Waals surface area (Å²) in [5.41, 5.74) is 2.68. The number of aryl methyl sites for hydroxylation is 2. The maximum absolute atomic E-state index is 13.4. The van der Waals surface area contributed by atoms with Crippen molar-refractivity contribution in [2.75, 3.05) is 0 Å². The fourth-order valence-corrected chi connectivity index (χ4v) is 2.82. The van der Waals surface area contributed by atoms with E-state index in [1.54, 1.807) is 10.6 Å². The molecule has 23 heavy (non-hydrogen) atoms. The molecule has 0 amide bonds. The van der Waals surface area contributed by atoms with Crippen LogP contribution in [0.1, 0.15) is 5.56 Å². The van der Waals surface area contributed by atoms with Crippen LogP contribution in [0.15, 0.2) is 59.7 Å². The summed E-state index contributed by atoms with van der Waals surface area (Å²) in [6.07, 6.45) is 2.29. The van der Waals surface area contributed by atoms with Gasteiger partial charge in [-0.25, -0.2) is 9.37 Å². The molecule has 4 aromatic rings. The van der Waals surface area contributed by atoms with Crippen LogP contribution in [0.3, 0.4) is 0 Å². The topological polar surface area (TPSA) is 50.7 Å². The Kier molecular flexibility index (Phi) is 3.19. The number of aromatic nitrogens is 3. The molecule has 0 aliphatic carbocycles. The second-order valence-electron chi connectivity index (χ2n) is 5.52. The summed E-state index contributed by atoms with van der Waals surface area (Å²) in [5.74, 6) is -0.339. The lowest BCUT2D eigenvalue weighted by Gasteiger charge is -2.05. The van der Waals surface area contributed by atoms with E-state index in [0.717, 1.165) is 6.42 Å². The minimum absolute atomic E-state index is 0.137. The van der Waals surface area contributed by atoms with Gasteiger partial charge in [0.1, 0.15) is 16.9 Å². The van der Waals surface area contributed by atoms with E-state index >= 15 is 0 Å². The van der Waals surface area contributed by atoms with Crippen LogP contribution in [0.4, 0.5) is 4.39 Å². The molecule has 0 fully saturated rings. The molecule has 0 saturated heterocycles. The number of H-pyrrole nitrogens is 1. The Hall–Kier alpha value is -2.95. The van der Waals surface area contributed by atoms with Gasteiger partial charge in [-0.3, -0.25) is 9.36 Å². The molecule has 0 aliphatic heterocycles. The average Bonchev–Trinajstić information content (AvgIpc) is 2.94. The quantitative estimate of drug-likeness (QED) is 0.631. The summed E-state index contributed by atoms with van der Waals surface area (Å²) in [4.78, 5) is 20.0. The van der Waals surface area contributed by atoms with E-state index < -0.39 is 0 Å². The van der Waals surface area contributed by atoms with Crippen molar-refractivity contribution < 1.29 is 4.39 Å².